The largest absolute Gasteiger partial charge is 0.468 e. The first kappa shape index (κ1) is 12.9. The van der Waals surface area contributed by atoms with Gasteiger partial charge in [0.2, 0.25) is 0 Å². The average Bonchev–Trinajstić information content (AvgIpc) is 2.53. The van der Waals surface area contributed by atoms with Crippen molar-refractivity contribution in [2.75, 3.05) is 11.5 Å². The van der Waals surface area contributed by atoms with Crippen LogP contribution in [0.2, 0.25) is 0 Å². The monoisotopic (exact) mass is 324 g/mol. The van der Waals surface area contributed by atoms with E-state index >= 15 is 0 Å². The highest BCUT2D eigenvalue weighted by atomic mass is 127. The summed E-state index contributed by atoms with van der Waals surface area (Å²) in [4.78, 5) is 23.7. The molecule has 1 aliphatic rings. The van der Waals surface area contributed by atoms with Gasteiger partial charge >= 0.3 is 5.97 Å². The SMILES string of the molecule is COC(=O)[C@@]1(CCCI)C(=O)CC[C@H]1C. The van der Waals surface area contributed by atoms with E-state index < -0.39 is 5.41 Å². The van der Waals surface area contributed by atoms with Crippen LogP contribution in [0.1, 0.15) is 32.6 Å². The molecule has 1 fully saturated rings. The van der Waals surface area contributed by atoms with Crippen LogP contribution in [0.4, 0.5) is 0 Å². The molecule has 0 bridgehead atoms. The lowest BCUT2D eigenvalue weighted by Crippen LogP contribution is -2.40. The number of Topliss-reactive ketones (excluding diaryl/α,β-unsaturated/α-hetero) is 1. The molecule has 1 aliphatic carbocycles. The molecule has 0 aromatic rings. The maximum Gasteiger partial charge on any atom is 0.319 e. The fraction of sp³-hybridized carbons (Fsp3) is 0.818. The van der Waals surface area contributed by atoms with E-state index in [4.69, 9.17) is 4.74 Å². The standard InChI is InChI=1S/C11H17IO3/c1-8-4-5-9(13)11(8,6-3-7-12)10(14)15-2/h8H,3-7H2,1-2H3/t8-,11-/m1/s1. The molecular formula is C11H17IO3. The van der Waals surface area contributed by atoms with Gasteiger partial charge in [-0.3, -0.25) is 9.59 Å². The zero-order chi connectivity index (χ0) is 11.5. The van der Waals surface area contributed by atoms with Crippen molar-refractivity contribution in [3.8, 4) is 0 Å². The second kappa shape index (κ2) is 5.27. The maximum absolute atomic E-state index is 11.9. The summed E-state index contributed by atoms with van der Waals surface area (Å²) in [5.74, 6) is -0.130. The second-order valence-electron chi connectivity index (χ2n) is 4.12. The van der Waals surface area contributed by atoms with Crippen LogP contribution >= 0.6 is 22.6 Å². The summed E-state index contributed by atoms with van der Waals surface area (Å²) >= 11 is 2.27. The Labute approximate surface area is 104 Å². The molecule has 3 nitrogen and oxygen atoms in total. The predicted molar refractivity (Wildman–Crippen MR) is 66.0 cm³/mol. The molecule has 15 heavy (non-hydrogen) atoms. The summed E-state index contributed by atoms with van der Waals surface area (Å²) in [5.41, 5.74) is -0.833. The van der Waals surface area contributed by atoms with Crippen molar-refractivity contribution in [3.05, 3.63) is 0 Å². The van der Waals surface area contributed by atoms with E-state index in [1.165, 1.54) is 7.11 Å². The van der Waals surface area contributed by atoms with Gasteiger partial charge in [0.05, 0.1) is 7.11 Å². The van der Waals surface area contributed by atoms with E-state index in [1.807, 2.05) is 6.92 Å². The van der Waals surface area contributed by atoms with Crippen LogP contribution in [0.15, 0.2) is 0 Å². The number of methoxy groups -OCH3 is 1. The Balaban J connectivity index is 2.93. The molecule has 0 spiro atoms. The third-order valence-corrected chi connectivity index (χ3v) is 4.16. The number of hydrogen-bond acceptors (Lipinski definition) is 3. The molecule has 1 rings (SSSR count). The van der Waals surface area contributed by atoms with Gasteiger partial charge in [0.1, 0.15) is 11.2 Å². The van der Waals surface area contributed by atoms with Gasteiger partial charge in [0.25, 0.3) is 0 Å². The minimum atomic E-state index is -0.833. The first-order chi connectivity index (χ1) is 7.09. The van der Waals surface area contributed by atoms with Gasteiger partial charge in [-0.2, -0.15) is 0 Å². The van der Waals surface area contributed by atoms with Crippen molar-refractivity contribution in [3.63, 3.8) is 0 Å². The highest BCUT2D eigenvalue weighted by molar-refractivity contribution is 14.1. The minimum absolute atomic E-state index is 0.0756. The molecule has 4 heteroatoms. The van der Waals surface area contributed by atoms with E-state index in [-0.39, 0.29) is 17.7 Å². The molecule has 0 heterocycles. The molecule has 0 aliphatic heterocycles. The molecule has 0 amide bonds. The third-order valence-electron chi connectivity index (χ3n) is 3.40. The Kier molecular flexibility index (Phi) is 4.55. The average molecular weight is 324 g/mol. The molecule has 0 N–H and O–H groups in total. The van der Waals surface area contributed by atoms with E-state index in [0.717, 1.165) is 17.3 Å². The second-order valence-corrected chi connectivity index (χ2v) is 5.20. The first-order valence-corrected chi connectivity index (χ1v) is 6.79. The number of ether oxygens (including phenoxy) is 1. The van der Waals surface area contributed by atoms with Crippen LogP contribution in [0, 0.1) is 11.3 Å². The van der Waals surface area contributed by atoms with Crippen molar-refractivity contribution < 1.29 is 14.3 Å². The number of carbonyl (C=O) groups is 2. The Hall–Kier alpha value is -0.130. The lowest BCUT2D eigenvalue weighted by atomic mass is 9.74. The van der Waals surface area contributed by atoms with Crippen molar-refractivity contribution in [1.29, 1.82) is 0 Å². The molecule has 1 saturated carbocycles. The summed E-state index contributed by atoms with van der Waals surface area (Å²) < 4.78 is 5.78. The number of ketones is 1. The summed E-state index contributed by atoms with van der Waals surface area (Å²) in [7, 11) is 1.37. The smallest absolute Gasteiger partial charge is 0.319 e. The predicted octanol–water partition coefficient (Wildman–Crippen LogP) is 2.36. The normalized spacial score (nSPS) is 30.6. The van der Waals surface area contributed by atoms with Gasteiger partial charge in [-0.25, -0.2) is 0 Å². The van der Waals surface area contributed by atoms with Crippen LogP contribution in [0.5, 0.6) is 0 Å². The Morgan fingerprint density at radius 1 is 1.67 bits per heavy atom. The highest BCUT2D eigenvalue weighted by Crippen LogP contribution is 2.44. The minimum Gasteiger partial charge on any atom is -0.468 e. The lowest BCUT2D eigenvalue weighted by Gasteiger charge is -2.28. The zero-order valence-electron chi connectivity index (χ0n) is 9.22. The molecule has 0 aromatic heterocycles. The van der Waals surface area contributed by atoms with E-state index in [2.05, 4.69) is 22.6 Å². The summed E-state index contributed by atoms with van der Waals surface area (Å²) in [6.07, 6.45) is 2.88. The summed E-state index contributed by atoms with van der Waals surface area (Å²) in [6, 6.07) is 0. The molecule has 0 saturated heterocycles. The van der Waals surface area contributed by atoms with Crippen LogP contribution in [0.3, 0.4) is 0 Å². The molecule has 2 atom stereocenters. The van der Waals surface area contributed by atoms with Gasteiger partial charge in [0, 0.05) is 6.42 Å². The summed E-state index contributed by atoms with van der Waals surface area (Å²) in [5, 5.41) is 0. The molecule has 0 unspecified atom stereocenters. The third kappa shape index (κ3) is 2.19. The quantitative estimate of drug-likeness (QED) is 0.345. The van der Waals surface area contributed by atoms with Crippen LogP contribution in [-0.2, 0) is 14.3 Å². The van der Waals surface area contributed by atoms with Crippen LogP contribution < -0.4 is 0 Å². The highest BCUT2D eigenvalue weighted by Gasteiger charge is 2.53. The molecule has 86 valence electrons. The lowest BCUT2D eigenvalue weighted by molar-refractivity contribution is -0.159. The zero-order valence-corrected chi connectivity index (χ0v) is 11.4. The number of rotatable bonds is 4. The van der Waals surface area contributed by atoms with Crippen molar-refractivity contribution >= 4 is 34.3 Å². The number of carbonyl (C=O) groups excluding carboxylic acids is 2. The van der Waals surface area contributed by atoms with Crippen LogP contribution in [-0.4, -0.2) is 23.3 Å². The fourth-order valence-corrected chi connectivity index (χ4v) is 2.80. The Bertz CT molecular complexity index is 265. The van der Waals surface area contributed by atoms with Gasteiger partial charge in [-0.05, 0) is 29.6 Å². The van der Waals surface area contributed by atoms with Crippen LogP contribution in [0.25, 0.3) is 0 Å². The fourth-order valence-electron chi connectivity index (χ4n) is 2.42. The molecular weight excluding hydrogens is 307 g/mol. The van der Waals surface area contributed by atoms with Gasteiger partial charge < -0.3 is 4.74 Å². The number of alkyl halides is 1. The molecule has 0 aromatic carbocycles. The van der Waals surface area contributed by atoms with Crippen molar-refractivity contribution in [2.24, 2.45) is 11.3 Å². The van der Waals surface area contributed by atoms with Crippen molar-refractivity contribution in [1.82, 2.24) is 0 Å². The number of hydrogen-bond donors (Lipinski definition) is 0. The first-order valence-electron chi connectivity index (χ1n) is 5.27. The topological polar surface area (TPSA) is 43.4 Å². The van der Waals surface area contributed by atoms with Gasteiger partial charge in [-0.15, -0.1) is 0 Å². The van der Waals surface area contributed by atoms with Gasteiger partial charge in [-0.1, -0.05) is 29.5 Å². The number of esters is 1. The van der Waals surface area contributed by atoms with E-state index in [9.17, 15) is 9.59 Å². The summed E-state index contributed by atoms with van der Waals surface area (Å²) in [6.45, 7) is 1.98. The maximum atomic E-state index is 11.9. The van der Waals surface area contributed by atoms with E-state index in [1.54, 1.807) is 0 Å². The Morgan fingerprint density at radius 3 is 2.73 bits per heavy atom. The number of halogens is 1. The molecule has 0 radical (unpaired) electrons. The van der Waals surface area contributed by atoms with Crippen molar-refractivity contribution in [2.45, 2.75) is 32.6 Å². The van der Waals surface area contributed by atoms with Gasteiger partial charge in [0.15, 0.2) is 0 Å². The van der Waals surface area contributed by atoms with E-state index in [0.29, 0.717) is 12.8 Å². The Morgan fingerprint density at radius 2 is 2.33 bits per heavy atom.